The van der Waals surface area contributed by atoms with Crippen molar-refractivity contribution in [3.05, 3.63) is 12.5 Å². The molecule has 0 radical (unpaired) electrons. The van der Waals surface area contributed by atoms with Gasteiger partial charge in [0.2, 0.25) is 0 Å². The quantitative estimate of drug-likeness (QED) is 0.413. The second-order valence-corrected chi connectivity index (χ2v) is 1.88. The Labute approximate surface area is 54.2 Å². The molecule has 1 rings (SSSR count). The number of aliphatic hydroxyl groups excluding tert-OH is 1. The summed E-state index contributed by atoms with van der Waals surface area (Å²) >= 11 is 0. The Kier molecular flexibility index (Phi) is 2.35. The van der Waals surface area contributed by atoms with Crippen molar-refractivity contribution in [3.8, 4) is 0 Å². The van der Waals surface area contributed by atoms with Crippen molar-refractivity contribution in [2.75, 3.05) is 20.0 Å². The van der Waals surface area contributed by atoms with Gasteiger partial charge in [-0.25, -0.2) is 0 Å². The van der Waals surface area contributed by atoms with E-state index >= 15 is 0 Å². The molecule has 1 saturated heterocycles. The summed E-state index contributed by atoms with van der Waals surface area (Å²) in [5.41, 5.74) is 0. The van der Waals surface area contributed by atoms with Gasteiger partial charge in [0.25, 0.3) is 0 Å². The van der Waals surface area contributed by atoms with E-state index in [1.54, 1.807) is 6.20 Å². The van der Waals surface area contributed by atoms with Crippen LogP contribution in [0.3, 0.4) is 0 Å². The first-order chi connectivity index (χ1) is 4.43. The predicted molar refractivity (Wildman–Crippen MR) is 34.5 cm³/mol. The van der Waals surface area contributed by atoms with Crippen LogP contribution in [0.5, 0.6) is 0 Å². The Morgan fingerprint density at radius 3 is 2.56 bits per heavy atom. The molecule has 4 heteroatoms. The molecule has 1 heterocycles. The lowest BCUT2D eigenvalue weighted by Gasteiger charge is -2.26. The molecule has 0 atom stereocenters. The monoisotopic (exact) mass is 129 g/mol. The zero-order valence-electron chi connectivity index (χ0n) is 5.17. The molecule has 4 nitrogen and oxygen atoms in total. The van der Waals surface area contributed by atoms with Crippen LogP contribution in [0.1, 0.15) is 0 Å². The van der Waals surface area contributed by atoms with Gasteiger partial charge in [-0.2, -0.15) is 0 Å². The van der Waals surface area contributed by atoms with E-state index in [9.17, 15) is 0 Å². The Bertz CT molecular complexity index is 98.4. The minimum absolute atomic E-state index is 0.796. The van der Waals surface area contributed by atoms with Crippen molar-refractivity contribution in [1.29, 1.82) is 0 Å². The summed E-state index contributed by atoms with van der Waals surface area (Å²) in [6.45, 7) is 2.43. The first kappa shape index (κ1) is 6.38. The van der Waals surface area contributed by atoms with Crippen LogP contribution in [0.2, 0.25) is 0 Å². The second-order valence-electron chi connectivity index (χ2n) is 1.88. The summed E-state index contributed by atoms with van der Waals surface area (Å²) in [5, 5.41) is 14.5. The molecule has 0 amide bonds. The lowest BCUT2D eigenvalue weighted by molar-refractivity contribution is 0.254. The highest BCUT2D eigenvalue weighted by Gasteiger charge is 2.01. The average molecular weight is 129 g/mol. The number of nitrogens with zero attached hydrogens (tertiary/aromatic N) is 1. The average Bonchev–Trinajstić information content (AvgIpc) is 1.91. The van der Waals surface area contributed by atoms with Crippen molar-refractivity contribution in [2.24, 2.45) is 0 Å². The van der Waals surface area contributed by atoms with Crippen LogP contribution < -0.4 is 10.6 Å². The maximum absolute atomic E-state index is 8.34. The van der Waals surface area contributed by atoms with Crippen LogP contribution in [-0.2, 0) is 0 Å². The first-order valence-corrected chi connectivity index (χ1v) is 2.90. The molecule has 0 bridgehead atoms. The van der Waals surface area contributed by atoms with Crippen LogP contribution in [0.4, 0.5) is 0 Å². The molecule has 0 aliphatic carbocycles. The fourth-order valence-electron chi connectivity index (χ4n) is 0.743. The van der Waals surface area contributed by atoms with Gasteiger partial charge in [0.15, 0.2) is 0 Å². The van der Waals surface area contributed by atoms with Crippen LogP contribution in [-0.4, -0.2) is 30.0 Å². The zero-order valence-corrected chi connectivity index (χ0v) is 5.17. The van der Waals surface area contributed by atoms with Crippen molar-refractivity contribution in [1.82, 2.24) is 15.5 Å². The van der Waals surface area contributed by atoms with Gasteiger partial charge in [-0.1, -0.05) is 0 Å². The Balaban J connectivity index is 2.23. The van der Waals surface area contributed by atoms with Crippen LogP contribution in [0, 0.1) is 0 Å². The summed E-state index contributed by atoms with van der Waals surface area (Å²) < 4.78 is 0. The highest BCUT2D eigenvalue weighted by molar-refractivity contribution is 4.74. The van der Waals surface area contributed by atoms with Gasteiger partial charge in [-0.3, -0.25) is 10.6 Å². The molecule has 0 aromatic heterocycles. The van der Waals surface area contributed by atoms with Crippen LogP contribution in [0.25, 0.3) is 0 Å². The topological polar surface area (TPSA) is 47.5 Å². The maximum Gasteiger partial charge on any atom is 0.0951 e. The standard InChI is InChI=1S/C5H11N3O/c9-2-1-8-4-6-3-7-5-8/h1-2,6-7,9H,3-5H2. The number of hydrogen-bond donors (Lipinski definition) is 3. The number of rotatable bonds is 1. The van der Waals surface area contributed by atoms with Crippen molar-refractivity contribution in [2.45, 2.75) is 0 Å². The second kappa shape index (κ2) is 3.32. The van der Waals surface area contributed by atoms with Crippen molar-refractivity contribution in [3.63, 3.8) is 0 Å². The lowest BCUT2D eigenvalue weighted by Crippen LogP contribution is -2.48. The van der Waals surface area contributed by atoms with Crippen molar-refractivity contribution < 1.29 is 5.11 Å². The van der Waals surface area contributed by atoms with Gasteiger partial charge in [0, 0.05) is 12.9 Å². The fourth-order valence-corrected chi connectivity index (χ4v) is 0.743. The first-order valence-electron chi connectivity index (χ1n) is 2.90. The van der Waals surface area contributed by atoms with E-state index in [-0.39, 0.29) is 0 Å². The van der Waals surface area contributed by atoms with Crippen LogP contribution in [0.15, 0.2) is 12.5 Å². The molecule has 0 saturated carbocycles. The summed E-state index contributed by atoms with van der Waals surface area (Å²) in [6.07, 6.45) is 2.66. The molecule has 0 aromatic rings. The van der Waals surface area contributed by atoms with E-state index in [0.29, 0.717) is 0 Å². The fraction of sp³-hybridized carbons (Fsp3) is 0.600. The largest absolute Gasteiger partial charge is 0.514 e. The van der Waals surface area contributed by atoms with E-state index in [1.165, 1.54) is 0 Å². The van der Waals surface area contributed by atoms with Gasteiger partial charge in [-0.15, -0.1) is 0 Å². The lowest BCUT2D eigenvalue weighted by atomic mass is 10.6. The highest BCUT2D eigenvalue weighted by Crippen LogP contribution is 1.86. The summed E-state index contributed by atoms with van der Waals surface area (Å²) in [5.74, 6) is 0. The number of hydrogen-bond acceptors (Lipinski definition) is 4. The summed E-state index contributed by atoms with van der Waals surface area (Å²) in [7, 11) is 0. The van der Waals surface area contributed by atoms with E-state index < -0.39 is 0 Å². The minimum atomic E-state index is 0.796. The van der Waals surface area contributed by atoms with Gasteiger partial charge >= 0.3 is 0 Å². The van der Waals surface area contributed by atoms with Gasteiger partial charge < -0.3 is 10.0 Å². The third kappa shape index (κ3) is 1.91. The van der Waals surface area contributed by atoms with E-state index in [2.05, 4.69) is 10.6 Å². The molecule has 0 spiro atoms. The number of nitrogens with one attached hydrogen (secondary N) is 2. The molecule has 0 aromatic carbocycles. The molecule has 1 fully saturated rings. The third-order valence-electron chi connectivity index (χ3n) is 1.16. The highest BCUT2D eigenvalue weighted by atomic mass is 16.2. The van der Waals surface area contributed by atoms with Gasteiger partial charge in [0.1, 0.15) is 0 Å². The van der Waals surface area contributed by atoms with Crippen LogP contribution >= 0.6 is 0 Å². The molecule has 52 valence electrons. The smallest absolute Gasteiger partial charge is 0.0951 e. The SMILES string of the molecule is OC=CN1CNCNC1. The normalized spacial score (nSPS) is 21.1. The summed E-state index contributed by atoms with van der Waals surface area (Å²) in [4.78, 5) is 1.92. The number of aliphatic hydroxyl groups is 1. The van der Waals surface area contributed by atoms with Gasteiger partial charge in [0.05, 0.1) is 19.6 Å². The minimum Gasteiger partial charge on any atom is -0.514 e. The van der Waals surface area contributed by atoms with E-state index in [0.717, 1.165) is 26.3 Å². The molecule has 1 aliphatic heterocycles. The zero-order chi connectivity index (χ0) is 6.53. The maximum atomic E-state index is 8.34. The van der Waals surface area contributed by atoms with Gasteiger partial charge in [-0.05, 0) is 0 Å². The molecular weight excluding hydrogens is 118 g/mol. The Morgan fingerprint density at radius 1 is 1.33 bits per heavy atom. The van der Waals surface area contributed by atoms with E-state index in [1.807, 2.05) is 4.90 Å². The molecule has 1 aliphatic rings. The molecular formula is C5H11N3O. The summed E-state index contributed by atoms with van der Waals surface area (Å²) in [6, 6.07) is 0. The Hall–Kier alpha value is -0.740. The third-order valence-corrected chi connectivity index (χ3v) is 1.16. The molecule has 3 N–H and O–H groups in total. The molecule has 0 unspecified atom stereocenters. The predicted octanol–water partition coefficient (Wildman–Crippen LogP) is -0.617. The molecule has 9 heavy (non-hydrogen) atoms. The van der Waals surface area contributed by atoms with E-state index in [4.69, 9.17) is 5.11 Å². The Morgan fingerprint density at radius 2 is 2.00 bits per heavy atom. The van der Waals surface area contributed by atoms with Crippen molar-refractivity contribution >= 4 is 0 Å².